The number of ether oxygens (including phenoxy) is 3. The Morgan fingerprint density at radius 3 is 2.72 bits per heavy atom. The molecule has 2 aliphatic heterocycles. The van der Waals surface area contributed by atoms with Crippen molar-refractivity contribution in [2.24, 2.45) is 0 Å². The predicted octanol–water partition coefficient (Wildman–Crippen LogP) is 1.45. The molecule has 1 saturated heterocycles. The molecule has 1 aromatic rings. The van der Waals surface area contributed by atoms with Gasteiger partial charge in [0.25, 0.3) is 0 Å². The number of esters is 1. The smallest absolute Gasteiger partial charge is 0.331 e. The first-order valence-corrected chi connectivity index (χ1v) is 5.99. The van der Waals surface area contributed by atoms with Crippen LogP contribution in [-0.2, 0) is 25.6 Å². The van der Waals surface area contributed by atoms with E-state index in [0.29, 0.717) is 13.2 Å². The minimum absolute atomic E-state index is 0.0364. The normalized spacial score (nSPS) is 27.0. The molecule has 0 spiro atoms. The Morgan fingerprint density at radius 2 is 2.11 bits per heavy atom. The van der Waals surface area contributed by atoms with E-state index in [1.807, 2.05) is 30.3 Å². The summed E-state index contributed by atoms with van der Waals surface area (Å²) in [6.45, 7) is 1.16. The molecule has 0 saturated carbocycles. The van der Waals surface area contributed by atoms with Crippen molar-refractivity contribution < 1.29 is 19.0 Å². The largest absolute Gasteiger partial charge is 0.452 e. The molecule has 4 nitrogen and oxygen atoms in total. The van der Waals surface area contributed by atoms with Gasteiger partial charge < -0.3 is 14.2 Å². The molecule has 0 amide bonds. The molecule has 0 aliphatic carbocycles. The molecule has 3 rings (SSSR count). The van der Waals surface area contributed by atoms with E-state index in [-0.39, 0.29) is 24.3 Å². The van der Waals surface area contributed by atoms with E-state index < -0.39 is 0 Å². The van der Waals surface area contributed by atoms with Gasteiger partial charge in [0.05, 0.1) is 13.2 Å². The Hall–Kier alpha value is -1.65. The summed E-state index contributed by atoms with van der Waals surface area (Å²) in [5.41, 5.74) is 1.09. The molecule has 18 heavy (non-hydrogen) atoms. The Labute approximate surface area is 105 Å². The predicted molar refractivity (Wildman–Crippen MR) is 63.8 cm³/mol. The number of benzene rings is 1. The molecule has 0 N–H and O–H groups in total. The lowest BCUT2D eigenvalue weighted by Crippen LogP contribution is -2.33. The maximum absolute atomic E-state index is 11.1. The Bertz CT molecular complexity index is 450. The average molecular weight is 246 g/mol. The third-order valence-electron chi connectivity index (χ3n) is 3.01. The summed E-state index contributed by atoms with van der Waals surface area (Å²) in [5, 5.41) is 0. The molecule has 0 aromatic heterocycles. The van der Waals surface area contributed by atoms with Crippen LogP contribution in [0.1, 0.15) is 5.56 Å². The average Bonchev–Trinajstić information content (AvgIpc) is 3.14. The van der Waals surface area contributed by atoms with Gasteiger partial charge in [0.2, 0.25) is 0 Å². The first-order valence-electron chi connectivity index (χ1n) is 5.99. The molecule has 0 unspecified atom stereocenters. The lowest BCUT2D eigenvalue weighted by molar-refractivity contribution is -0.146. The highest BCUT2D eigenvalue weighted by Crippen LogP contribution is 2.25. The number of carbonyl (C=O) groups excluding carboxylic acids is 1. The Kier molecular flexibility index (Phi) is 3.13. The van der Waals surface area contributed by atoms with E-state index in [9.17, 15) is 4.79 Å². The van der Waals surface area contributed by atoms with Gasteiger partial charge in [-0.3, -0.25) is 0 Å². The van der Waals surface area contributed by atoms with Crippen LogP contribution in [0.2, 0.25) is 0 Å². The van der Waals surface area contributed by atoms with Gasteiger partial charge in [-0.2, -0.15) is 0 Å². The molecule has 0 radical (unpaired) electrons. The highest BCUT2D eigenvalue weighted by Gasteiger charge is 2.41. The summed E-state index contributed by atoms with van der Waals surface area (Å²) in [6, 6.07) is 9.91. The summed E-state index contributed by atoms with van der Waals surface area (Å²) in [7, 11) is 0. The molecular weight excluding hydrogens is 232 g/mol. The maximum Gasteiger partial charge on any atom is 0.331 e. The molecule has 4 heteroatoms. The van der Waals surface area contributed by atoms with E-state index >= 15 is 0 Å². The van der Waals surface area contributed by atoms with Crippen molar-refractivity contribution in [2.45, 2.75) is 24.9 Å². The summed E-state index contributed by atoms with van der Waals surface area (Å²) >= 11 is 0. The van der Waals surface area contributed by atoms with Gasteiger partial charge in [0, 0.05) is 6.08 Å². The van der Waals surface area contributed by atoms with E-state index in [1.165, 1.54) is 6.08 Å². The minimum Gasteiger partial charge on any atom is -0.452 e. The van der Waals surface area contributed by atoms with Gasteiger partial charge >= 0.3 is 5.97 Å². The zero-order valence-corrected chi connectivity index (χ0v) is 9.82. The maximum atomic E-state index is 11.1. The second kappa shape index (κ2) is 4.92. The number of hydrogen-bond donors (Lipinski definition) is 0. The minimum atomic E-state index is -0.325. The summed E-state index contributed by atoms with van der Waals surface area (Å²) in [6.07, 6.45) is 2.67. The van der Waals surface area contributed by atoms with Crippen LogP contribution in [0.25, 0.3) is 0 Å². The zero-order valence-electron chi connectivity index (χ0n) is 9.82. The molecule has 3 atom stereocenters. The van der Waals surface area contributed by atoms with Crippen molar-refractivity contribution in [3.8, 4) is 0 Å². The number of rotatable bonds is 5. The van der Waals surface area contributed by atoms with Crippen LogP contribution in [0, 0.1) is 0 Å². The molecule has 0 bridgehead atoms. The molecule has 2 aliphatic rings. The number of carbonyl (C=O) groups is 1. The number of epoxide rings is 1. The third-order valence-corrected chi connectivity index (χ3v) is 3.01. The lowest BCUT2D eigenvalue weighted by atomic mass is 10.1. The first kappa shape index (κ1) is 11.4. The van der Waals surface area contributed by atoms with E-state index in [1.54, 1.807) is 6.08 Å². The van der Waals surface area contributed by atoms with Crippen molar-refractivity contribution in [1.82, 2.24) is 0 Å². The fourth-order valence-electron chi connectivity index (χ4n) is 1.99. The second-order valence-electron chi connectivity index (χ2n) is 4.39. The summed E-state index contributed by atoms with van der Waals surface area (Å²) < 4.78 is 16.2. The van der Waals surface area contributed by atoms with Crippen LogP contribution in [-0.4, -0.2) is 30.9 Å². The van der Waals surface area contributed by atoms with Crippen LogP contribution in [0.15, 0.2) is 42.5 Å². The SMILES string of the molecule is O=C1C=C[C@H]([C@H](OCc2ccccc2)[C@H]2CO2)O1. The second-order valence-corrected chi connectivity index (χ2v) is 4.39. The molecule has 2 heterocycles. The topological polar surface area (TPSA) is 48.1 Å². The Balaban J connectivity index is 1.61. The molecule has 1 fully saturated rings. The van der Waals surface area contributed by atoms with Crippen LogP contribution in [0.4, 0.5) is 0 Å². The summed E-state index contributed by atoms with van der Waals surface area (Å²) in [4.78, 5) is 11.1. The summed E-state index contributed by atoms with van der Waals surface area (Å²) in [5.74, 6) is -0.311. The first-order chi connectivity index (χ1) is 8.83. The lowest BCUT2D eigenvalue weighted by Gasteiger charge is -2.20. The number of hydrogen-bond acceptors (Lipinski definition) is 4. The van der Waals surface area contributed by atoms with Gasteiger partial charge in [-0.1, -0.05) is 30.3 Å². The fraction of sp³-hybridized carbons (Fsp3) is 0.357. The quantitative estimate of drug-likeness (QED) is 0.583. The van der Waals surface area contributed by atoms with Crippen LogP contribution < -0.4 is 0 Å². The van der Waals surface area contributed by atoms with E-state index in [4.69, 9.17) is 14.2 Å². The molecule has 1 aromatic carbocycles. The van der Waals surface area contributed by atoms with Gasteiger partial charge in [-0.15, -0.1) is 0 Å². The molecular formula is C14H14O4. The van der Waals surface area contributed by atoms with Crippen molar-refractivity contribution in [3.05, 3.63) is 48.0 Å². The van der Waals surface area contributed by atoms with E-state index in [2.05, 4.69) is 0 Å². The van der Waals surface area contributed by atoms with Crippen LogP contribution in [0.5, 0.6) is 0 Å². The van der Waals surface area contributed by atoms with Gasteiger partial charge in [-0.25, -0.2) is 4.79 Å². The number of cyclic esters (lactones) is 1. The van der Waals surface area contributed by atoms with Gasteiger partial charge in [-0.05, 0) is 11.6 Å². The van der Waals surface area contributed by atoms with Gasteiger partial charge in [0.15, 0.2) is 0 Å². The Morgan fingerprint density at radius 1 is 1.33 bits per heavy atom. The molecule has 94 valence electrons. The highest BCUT2D eigenvalue weighted by atomic mass is 16.6. The van der Waals surface area contributed by atoms with E-state index in [0.717, 1.165) is 5.56 Å². The monoisotopic (exact) mass is 246 g/mol. The van der Waals surface area contributed by atoms with Crippen molar-refractivity contribution >= 4 is 5.97 Å². The van der Waals surface area contributed by atoms with Gasteiger partial charge in [0.1, 0.15) is 18.3 Å². The van der Waals surface area contributed by atoms with Crippen LogP contribution >= 0.6 is 0 Å². The standard InChI is InChI=1S/C14H14O4/c15-13-7-6-11(18-13)14(12-9-16-12)17-8-10-4-2-1-3-5-10/h1-7,11-12,14H,8-9H2/t11-,12-,14+/m1/s1. The third kappa shape index (κ3) is 2.60. The van der Waals surface area contributed by atoms with Crippen LogP contribution in [0.3, 0.4) is 0 Å². The van der Waals surface area contributed by atoms with Crippen molar-refractivity contribution in [1.29, 1.82) is 0 Å². The highest BCUT2D eigenvalue weighted by molar-refractivity contribution is 5.84. The van der Waals surface area contributed by atoms with Crippen molar-refractivity contribution in [3.63, 3.8) is 0 Å². The zero-order chi connectivity index (χ0) is 12.4. The van der Waals surface area contributed by atoms with Crippen molar-refractivity contribution in [2.75, 3.05) is 6.61 Å². The fourth-order valence-corrected chi connectivity index (χ4v) is 1.99.